The van der Waals surface area contributed by atoms with Crippen LogP contribution in [0.15, 0.2) is 0 Å². The topological polar surface area (TPSA) is 46.5 Å². The van der Waals surface area contributed by atoms with Gasteiger partial charge in [0.1, 0.15) is 0 Å². The predicted octanol–water partition coefficient (Wildman–Crippen LogP) is 6.60. The third kappa shape index (κ3) is 14.3. The zero-order valence-corrected chi connectivity index (χ0v) is 16.6. The number of rotatable bonds is 19. The van der Waals surface area contributed by atoms with Crippen LogP contribution in [0.5, 0.6) is 0 Å². The van der Waals surface area contributed by atoms with Gasteiger partial charge in [-0.2, -0.15) is 0 Å². The summed E-state index contributed by atoms with van der Waals surface area (Å²) < 4.78 is 5.64. The van der Waals surface area contributed by atoms with E-state index in [4.69, 9.17) is 4.74 Å². The molecule has 1 N–H and O–H groups in total. The SMILES string of the molecule is CCCCCCCCCCCCCCOCCC(CC1CC1)C(=O)O. The van der Waals surface area contributed by atoms with E-state index in [0.29, 0.717) is 18.9 Å². The molecule has 0 aromatic carbocycles. The molecule has 0 radical (unpaired) electrons. The van der Waals surface area contributed by atoms with Crippen molar-refractivity contribution in [2.75, 3.05) is 13.2 Å². The Morgan fingerprint density at radius 3 is 1.88 bits per heavy atom. The van der Waals surface area contributed by atoms with E-state index >= 15 is 0 Å². The highest BCUT2D eigenvalue weighted by Crippen LogP contribution is 2.36. The fraction of sp³-hybridized carbons (Fsp3) is 0.955. The molecule has 1 aliphatic carbocycles. The predicted molar refractivity (Wildman–Crippen MR) is 105 cm³/mol. The lowest BCUT2D eigenvalue weighted by molar-refractivity contribution is -0.142. The summed E-state index contributed by atoms with van der Waals surface area (Å²) in [5, 5.41) is 9.21. The maximum absolute atomic E-state index is 11.2. The molecule has 3 nitrogen and oxygen atoms in total. The maximum atomic E-state index is 11.2. The van der Waals surface area contributed by atoms with E-state index in [-0.39, 0.29) is 5.92 Å². The Bertz CT molecular complexity index is 312. The van der Waals surface area contributed by atoms with Crippen molar-refractivity contribution in [3.8, 4) is 0 Å². The zero-order chi connectivity index (χ0) is 18.2. The van der Waals surface area contributed by atoms with Crippen LogP contribution in [0.2, 0.25) is 0 Å². The third-order valence-electron chi connectivity index (χ3n) is 5.42. The van der Waals surface area contributed by atoms with Crippen molar-refractivity contribution in [3.05, 3.63) is 0 Å². The minimum absolute atomic E-state index is 0.186. The first-order valence-corrected chi connectivity index (χ1v) is 11.0. The number of carboxylic acid groups (broad SMARTS) is 1. The fourth-order valence-corrected chi connectivity index (χ4v) is 3.47. The molecule has 1 atom stereocenters. The van der Waals surface area contributed by atoms with Crippen molar-refractivity contribution in [1.82, 2.24) is 0 Å². The summed E-state index contributed by atoms with van der Waals surface area (Å²) >= 11 is 0. The van der Waals surface area contributed by atoms with Crippen molar-refractivity contribution in [2.45, 2.75) is 110 Å². The average molecular weight is 355 g/mol. The molecule has 0 heterocycles. The van der Waals surface area contributed by atoms with Crippen molar-refractivity contribution < 1.29 is 14.6 Å². The quantitative estimate of drug-likeness (QED) is 0.266. The number of hydrogen-bond acceptors (Lipinski definition) is 2. The molecule has 0 aromatic rings. The van der Waals surface area contributed by atoms with Gasteiger partial charge in [0.2, 0.25) is 0 Å². The number of carbonyl (C=O) groups is 1. The molecule has 3 heteroatoms. The second kappa shape index (κ2) is 15.7. The van der Waals surface area contributed by atoms with Gasteiger partial charge in [0.05, 0.1) is 5.92 Å². The summed E-state index contributed by atoms with van der Waals surface area (Å²) in [7, 11) is 0. The molecule has 25 heavy (non-hydrogen) atoms. The lowest BCUT2D eigenvalue weighted by Gasteiger charge is -2.11. The highest BCUT2D eigenvalue weighted by molar-refractivity contribution is 5.69. The van der Waals surface area contributed by atoms with Gasteiger partial charge in [0, 0.05) is 13.2 Å². The first-order valence-electron chi connectivity index (χ1n) is 11.0. The number of unbranched alkanes of at least 4 members (excludes halogenated alkanes) is 11. The number of ether oxygens (including phenoxy) is 1. The molecule has 1 unspecified atom stereocenters. The van der Waals surface area contributed by atoms with Crippen LogP contribution < -0.4 is 0 Å². The number of carboxylic acids is 1. The van der Waals surface area contributed by atoms with Gasteiger partial charge in [-0.3, -0.25) is 4.79 Å². The molecule has 0 spiro atoms. The smallest absolute Gasteiger partial charge is 0.306 e. The fourth-order valence-electron chi connectivity index (χ4n) is 3.47. The normalized spacial score (nSPS) is 15.4. The van der Waals surface area contributed by atoms with Gasteiger partial charge in [0.15, 0.2) is 0 Å². The lowest BCUT2D eigenvalue weighted by Crippen LogP contribution is -2.17. The summed E-state index contributed by atoms with van der Waals surface area (Å²) in [6.07, 6.45) is 20.3. The van der Waals surface area contributed by atoms with Gasteiger partial charge in [-0.15, -0.1) is 0 Å². The van der Waals surface area contributed by atoms with Crippen LogP contribution in [0.3, 0.4) is 0 Å². The second-order valence-corrected chi connectivity index (χ2v) is 8.00. The maximum Gasteiger partial charge on any atom is 0.306 e. The van der Waals surface area contributed by atoms with Gasteiger partial charge in [0.25, 0.3) is 0 Å². The minimum Gasteiger partial charge on any atom is -0.481 e. The van der Waals surface area contributed by atoms with Gasteiger partial charge in [-0.1, -0.05) is 90.4 Å². The molecule has 0 amide bonds. The molecule has 0 aliphatic heterocycles. The molecular formula is C22H42O3. The van der Waals surface area contributed by atoms with E-state index in [1.54, 1.807) is 0 Å². The van der Waals surface area contributed by atoms with Gasteiger partial charge in [-0.05, 0) is 25.2 Å². The highest BCUT2D eigenvalue weighted by atomic mass is 16.5. The zero-order valence-electron chi connectivity index (χ0n) is 16.6. The van der Waals surface area contributed by atoms with Crippen molar-refractivity contribution >= 4 is 5.97 Å². The van der Waals surface area contributed by atoms with Crippen molar-refractivity contribution in [3.63, 3.8) is 0 Å². The lowest BCUT2D eigenvalue weighted by atomic mass is 9.99. The average Bonchev–Trinajstić information content (AvgIpc) is 3.41. The first-order chi connectivity index (χ1) is 12.2. The number of aliphatic carboxylic acids is 1. The first kappa shape index (κ1) is 22.5. The van der Waals surface area contributed by atoms with E-state index < -0.39 is 5.97 Å². The van der Waals surface area contributed by atoms with Crippen LogP contribution in [0.1, 0.15) is 110 Å². The molecule has 1 rings (SSSR count). The van der Waals surface area contributed by atoms with Crippen LogP contribution >= 0.6 is 0 Å². The van der Waals surface area contributed by atoms with Gasteiger partial charge in [-0.25, -0.2) is 0 Å². The monoisotopic (exact) mass is 354 g/mol. The van der Waals surface area contributed by atoms with E-state index in [1.165, 1.54) is 83.5 Å². The molecule has 0 aromatic heterocycles. The Balaban J connectivity index is 1.76. The van der Waals surface area contributed by atoms with E-state index in [1.807, 2.05) is 0 Å². The number of hydrogen-bond donors (Lipinski definition) is 1. The molecular weight excluding hydrogens is 312 g/mol. The Kier molecular flexibility index (Phi) is 14.1. The minimum atomic E-state index is -0.638. The summed E-state index contributed by atoms with van der Waals surface area (Å²) in [5.74, 6) is -0.146. The summed E-state index contributed by atoms with van der Waals surface area (Å²) in [6.45, 7) is 3.68. The molecule has 0 saturated heterocycles. The summed E-state index contributed by atoms with van der Waals surface area (Å²) in [4.78, 5) is 11.2. The Hall–Kier alpha value is -0.570. The summed E-state index contributed by atoms with van der Waals surface area (Å²) in [5.41, 5.74) is 0. The van der Waals surface area contributed by atoms with E-state index in [2.05, 4.69) is 6.92 Å². The standard InChI is InChI=1S/C22H42O3/c1-2-3-4-5-6-7-8-9-10-11-12-13-17-25-18-16-21(22(23)24)19-20-14-15-20/h20-21H,2-19H2,1H3,(H,23,24). The highest BCUT2D eigenvalue weighted by Gasteiger charge is 2.28. The van der Waals surface area contributed by atoms with E-state index in [9.17, 15) is 9.90 Å². The molecule has 1 fully saturated rings. The second-order valence-electron chi connectivity index (χ2n) is 8.00. The van der Waals surface area contributed by atoms with Crippen LogP contribution in [0.25, 0.3) is 0 Å². The van der Waals surface area contributed by atoms with Crippen LogP contribution in [-0.4, -0.2) is 24.3 Å². The molecule has 0 bridgehead atoms. The Morgan fingerprint density at radius 2 is 1.40 bits per heavy atom. The van der Waals surface area contributed by atoms with Crippen LogP contribution in [0.4, 0.5) is 0 Å². The largest absolute Gasteiger partial charge is 0.481 e. The van der Waals surface area contributed by atoms with Crippen molar-refractivity contribution in [1.29, 1.82) is 0 Å². The van der Waals surface area contributed by atoms with Gasteiger partial charge < -0.3 is 9.84 Å². The Morgan fingerprint density at radius 1 is 0.880 bits per heavy atom. The van der Waals surface area contributed by atoms with Crippen LogP contribution in [0, 0.1) is 11.8 Å². The van der Waals surface area contributed by atoms with Crippen LogP contribution in [-0.2, 0) is 9.53 Å². The van der Waals surface area contributed by atoms with E-state index in [0.717, 1.165) is 19.4 Å². The van der Waals surface area contributed by atoms with Gasteiger partial charge >= 0.3 is 5.97 Å². The molecule has 148 valence electrons. The summed E-state index contributed by atoms with van der Waals surface area (Å²) in [6, 6.07) is 0. The Labute approximate surface area is 155 Å². The molecule has 1 aliphatic rings. The third-order valence-corrected chi connectivity index (χ3v) is 5.42. The van der Waals surface area contributed by atoms with Crippen molar-refractivity contribution in [2.24, 2.45) is 11.8 Å². The molecule has 1 saturated carbocycles.